The van der Waals surface area contributed by atoms with Gasteiger partial charge in [-0.15, -0.1) is 0 Å². The molecule has 0 saturated heterocycles. The Balaban J connectivity index is 2.19. The Morgan fingerprint density at radius 1 is 1.29 bits per heavy atom. The fourth-order valence-corrected chi connectivity index (χ4v) is 2.12. The summed E-state index contributed by atoms with van der Waals surface area (Å²) in [4.78, 5) is 12.2. The molecule has 0 radical (unpaired) electrons. The Kier molecular flexibility index (Phi) is 4.42. The fourth-order valence-electron chi connectivity index (χ4n) is 2.12. The molecule has 2 aromatic carbocycles. The lowest BCUT2D eigenvalue weighted by atomic mass is 10.1. The van der Waals surface area contributed by atoms with Crippen molar-refractivity contribution < 1.29 is 13.9 Å². The van der Waals surface area contributed by atoms with E-state index < -0.39 is 5.82 Å². The Morgan fingerprint density at radius 2 is 2.00 bits per heavy atom. The summed E-state index contributed by atoms with van der Waals surface area (Å²) < 4.78 is 18.3. The number of nitrogens with two attached hydrogens (primary N) is 1. The molecular weight excluding hydrogens is 271 g/mol. The topological polar surface area (TPSA) is 64.3 Å². The van der Waals surface area contributed by atoms with Crippen molar-refractivity contribution in [1.82, 2.24) is 5.32 Å². The van der Waals surface area contributed by atoms with Gasteiger partial charge in [0.15, 0.2) is 0 Å². The minimum absolute atomic E-state index is 0.111. The van der Waals surface area contributed by atoms with Crippen LogP contribution in [-0.2, 0) is 0 Å². The molecule has 5 heteroatoms. The first-order valence-corrected chi connectivity index (χ1v) is 6.51. The van der Waals surface area contributed by atoms with Crippen LogP contribution in [0.3, 0.4) is 0 Å². The molecule has 21 heavy (non-hydrogen) atoms. The molecule has 0 fully saturated rings. The lowest BCUT2D eigenvalue weighted by Gasteiger charge is -2.17. The van der Waals surface area contributed by atoms with Crippen LogP contribution in [0, 0.1) is 5.82 Å². The van der Waals surface area contributed by atoms with Crippen LogP contribution in [-0.4, -0.2) is 13.0 Å². The van der Waals surface area contributed by atoms with Gasteiger partial charge in [-0.25, -0.2) is 4.39 Å². The molecule has 2 rings (SSSR count). The number of amides is 1. The molecular formula is C16H17FN2O2. The summed E-state index contributed by atoms with van der Waals surface area (Å²) in [5.41, 5.74) is 6.88. The number of hydrogen-bond acceptors (Lipinski definition) is 3. The van der Waals surface area contributed by atoms with Gasteiger partial charge in [0.05, 0.1) is 18.7 Å². The van der Waals surface area contributed by atoms with Crippen molar-refractivity contribution in [3.8, 4) is 5.75 Å². The predicted octanol–water partition coefficient (Wildman–Crippen LogP) is 2.91. The summed E-state index contributed by atoms with van der Waals surface area (Å²) in [6.45, 7) is 1.84. The highest BCUT2D eigenvalue weighted by atomic mass is 19.1. The number of nitrogens with one attached hydrogen (secondary N) is 1. The van der Waals surface area contributed by atoms with E-state index in [1.807, 2.05) is 31.2 Å². The van der Waals surface area contributed by atoms with E-state index in [9.17, 15) is 9.18 Å². The van der Waals surface area contributed by atoms with Gasteiger partial charge in [0.1, 0.15) is 11.6 Å². The number of anilines is 1. The number of benzene rings is 2. The smallest absolute Gasteiger partial charge is 0.253 e. The second kappa shape index (κ2) is 6.26. The average molecular weight is 288 g/mol. The van der Waals surface area contributed by atoms with Crippen molar-refractivity contribution >= 4 is 11.6 Å². The van der Waals surface area contributed by atoms with E-state index in [1.54, 1.807) is 7.11 Å². The van der Waals surface area contributed by atoms with Crippen molar-refractivity contribution in [2.45, 2.75) is 13.0 Å². The second-order valence-corrected chi connectivity index (χ2v) is 4.67. The summed E-state index contributed by atoms with van der Waals surface area (Å²) in [7, 11) is 1.57. The third kappa shape index (κ3) is 3.31. The van der Waals surface area contributed by atoms with Crippen molar-refractivity contribution in [2.75, 3.05) is 12.8 Å². The fraction of sp³-hybridized carbons (Fsp3) is 0.188. The average Bonchev–Trinajstić information content (AvgIpc) is 2.46. The maximum atomic E-state index is 13.0. The third-order valence-corrected chi connectivity index (χ3v) is 3.21. The molecule has 1 unspecified atom stereocenters. The lowest BCUT2D eigenvalue weighted by molar-refractivity contribution is 0.0940. The van der Waals surface area contributed by atoms with Crippen LogP contribution in [0.4, 0.5) is 10.1 Å². The van der Waals surface area contributed by atoms with E-state index in [4.69, 9.17) is 10.5 Å². The van der Waals surface area contributed by atoms with E-state index in [-0.39, 0.29) is 23.2 Å². The molecule has 0 saturated carbocycles. The number of carbonyl (C=O) groups is 1. The highest BCUT2D eigenvalue weighted by Crippen LogP contribution is 2.25. The van der Waals surface area contributed by atoms with Crippen LogP contribution in [0.5, 0.6) is 5.75 Å². The van der Waals surface area contributed by atoms with Crippen LogP contribution in [0.25, 0.3) is 0 Å². The van der Waals surface area contributed by atoms with Gasteiger partial charge in [-0.1, -0.05) is 18.2 Å². The molecule has 3 N–H and O–H groups in total. The number of methoxy groups -OCH3 is 1. The van der Waals surface area contributed by atoms with Crippen molar-refractivity contribution in [2.24, 2.45) is 0 Å². The van der Waals surface area contributed by atoms with E-state index in [0.29, 0.717) is 5.75 Å². The molecule has 1 atom stereocenters. The molecule has 0 aromatic heterocycles. The molecule has 0 aliphatic heterocycles. The first-order chi connectivity index (χ1) is 10.0. The molecule has 2 aromatic rings. The highest BCUT2D eigenvalue weighted by Gasteiger charge is 2.16. The van der Waals surface area contributed by atoms with E-state index >= 15 is 0 Å². The van der Waals surface area contributed by atoms with E-state index in [0.717, 1.165) is 11.6 Å². The van der Waals surface area contributed by atoms with Gasteiger partial charge in [0.2, 0.25) is 0 Å². The molecule has 0 bridgehead atoms. The maximum Gasteiger partial charge on any atom is 0.253 e. The molecule has 0 spiro atoms. The van der Waals surface area contributed by atoms with Gasteiger partial charge < -0.3 is 15.8 Å². The highest BCUT2D eigenvalue weighted by molar-refractivity contribution is 5.99. The lowest BCUT2D eigenvalue weighted by Crippen LogP contribution is -2.27. The first kappa shape index (κ1) is 14.8. The summed E-state index contributed by atoms with van der Waals surface area (Å²) in [5.74, 6) is -0.134. The summed E-state index contributed by atoms with van der Waals surface area (Å²) >= 11 is 0. The van der Waals surface area contributed by atoms with Crippen LogP contribution in [0.15, 0.2) is 42.5 Å². The normalized spacial score (nSPS) is 11.8. The van der Waals surface area contributed by atoms with Gasteiger partial charge in [0.25, 0.3) is 5.91 Å². The first-order valence-electron chi connectivity index (χ1n) is 6.51. The number of para-hydroxylation sites is 1. The molecule has 0 heterocycles. The zero-order valence-electron chi connectivity index (χ0n) is 11.9. The van der Waals surface area contributed by atoms with E-state index in [2.05, 4.69) is 5.32 Å². The zero-order valence-corrected chi connectivity index (χ0v) is 11.9. The largest absolute Gasteiger partial charge is 0.496 e. The number of ether oxygens (including phenoxy) is 1. The number of rotatable bonds is 4. The predicted molar refractivity (Wildman–Crippen MR) is 79.7 cm³/mol. The van der Waals surface area contributed by atoms with Crippen LogP contribution in [0.1, 0.15) is 28.9 Å². The number of halogens is 1. The molecule has 0 aliphatic rings. The van der Waals surface area contributed by atoms with Crippen LogP contribution in [0.2, 0.25) is 0 Å². The van der Waals surface area contributed by atoms with Gasteiger partial charge >= 0.3 is 0 Å². The van der Waals surface area contributed by atoms with Crippen LogP contribution < -0.4 is 15.8 Å². The maximum absolute atomic E-state index is 13.0. The number of nitrogen functional groups attached to an aromatic ring is 1. The Hall–Kier alpha value is -2.56. The van der Waals surface area contributed by atoms with Crippen molar-refractivity contribution in [3.05, 3.63) is 59.4 Å². The summed E-state index contributed by atoms with van der Waals surface area (Å²) in [5, 5.41) is 2.83. The minimum Gasteiger partial charge on any atom is -0.496 e. The van der Waals surface area contributed by atoms with Crippen LogP contribution >= 0.6 is 0 Å². The number of carbonyl (C=O) groups excluding carboxylic acids is 1. The van der Waals surface area contributed by atoms with Gasteiger partial charge in [-0.3, -0.25) is 4.79 Å². The summed E-state index contributed by atoms with van der Waals surface area (Å²) in [6, 6.07) is 10.9. The van der Waals surface area contributed by atoms with Gasteiger partial charge in [-0.05, 0) is 31.2 Å². The van der Waals surface area contributed by atoms with Crippen molar-refractivity contribution in [1.29, 1.82) is 0 Å². The quantitative estimate of drug-likeness (QED) is 0.850. The molecule has 110 valence electrons. The standard InChI is InChI=1S/C16H17FN2O2/c1-10(12-5-3-4-6-15(12)21-2)19-16(20)13-8-7-11(17)9-14(13)18/h3-10H,18H2,1-2H3,(H,19,20). The van der Waals surface area contributed by atoms with Gasteiger partial charge in [0, 0.05) is 11.3 Å². The monoisotopic (exact) mass is 288 g/mol. The summed E-state index contributed by atoms with van der Waals surface area (Å²) in [6.07, 6.45) is 0. The third-order valence-electron chi connectivity index (χ3n) is 3.21. The zero-order chi connectivity index (χ0) is 15.4. The Morgan fingerprint density at radius 3 is 2.67 bits per heavy atom. The van der Waals surface area contributed by atoms with E-state index in [1.165, 1.54) is 12.1 Å². The minimum atomic E-state index is -0.471. The molecule has 1 amide bonds. The Labute approximate surface area is 122 Å². The molecule has 0 aliphatic carbocycles. The molecule has 4 nitrogen and oxygen atoms in total. The second-order valence-electron chi connectivity index (χ2n) is 4.67. The van der Waals surface area contributed by atoms with Crippen molar-refractivity contribution in [3.63, 3.8) is 0 Å². The van der Waals surface area contributed by atoms with Gasteiger partial charge in [-0.2, -0.15) is 0 Å². The number of hydrogen-bond donors (Lipinski definition) is 2. The Bertz CT molecular complexity index is 658. The SMILES string of the molecule is COc1ccccc1C(C)NC(=O)c1ccc(F)cc1N.